The van der Waals surface area contributed by atoms with Crippen LogP contribution in [0.25, 0.3) is 0 Å². The number of hydrogen-bond acceptors (Lipinski definition) is 4. The number of rotatable bonds is 6. The Kier molecular flexibility index (Phi) is 7.77. The molecule has 1 aliphatic rings. The lowest BCUT2D eigenvalue weighted by atomic mass is 10.1. The summed E-state index contributed by atoms with van der Waals surface area (Å²) in [5.41, 5.74) is 0. The van der Waals surface area contributed by atoms with Crippen molar-refractivity contribution in [2.24, 2.45) is 4.99 Å². The van der Waals surface area contributed by atoms with Crippen molar-refractivity contribution in [3.63, 3.8) is 0 Å². The predicted octanol–water partition coefficient (Wildman–Crippen LogP) is -0.556. The van der Waals surface area contributed by atoms with Crippen LogP contribution in [0, 0.1) is 0 Å². The number of amides is 1. The molecule has 1 heterocycles. The number of sulfonamides is 1. The van der Waals surface area contributed by atoms with E-state index in [9.17, 15) is 13.2 Å². The number of nitrogens with zero attached hydrogens (tertiary/aromatic N) is 3. The fourth-order valence-corrected chi connectivity index (χ4v) is 3.91. The summed E-state index contributed by atoms with van der Waals surface area (Å²) in [5, 5.41) is 6.23. The van der Waals surface area contributed by atoms with Gasteiger partial charge in [-0.3, -0.25) is 9.79 Å². The number of carbonyl (C=O) groups excluding carboxylic acids is 1. The summed E-state index contributed by atoms with van der Waals surface area (Å²) in [6.07, 6.45) is 2.09. The molecular weight excluding hydrogens is 318 g/mol. The molecule has 1 aliphatic heterocycles. The third-order valence-corrected chi connectivity index (χ3v) is 5.86. The zero-order valence-electron chi connectivity index (χ0n) is 14.5. The van der Waals surface area contributed by atoms with Crippen LogP contribution in [0.15, 0.2) is 4.99 Å². The highest BCUT2D eigenvalue weighted by Crippen LogP contribution is 2.15. The number of nitrogens with one attached hydrogen (secondary N) is 2. The minimum absolute atomic E-state index is 0.0339. The number of likely N-dealkylation sites (N-methyl/N-ethyl adjacent to an activating group) is 1. The fraction of sp³-hybridized carbons (Fsp3) is 0.857. The van der Waals surface area contributed by atoms with Crippen molar-refractivity contribution >= 4 is 21.9 Å². The molecule has 0 atom stereocenters. The molecule has 1 amide bonds. The Morgan fingerprint density at radius 2 is 1.91 bits per heavy atom. The maximum absolute atomic E-state index is 12.0. The highest BCUT2D eigenvalue weighted by atomic mass is 32.2. The number of hydrogen-bond donors (Lipinski definition) is 2. The highest BCUT2D eigenvalue weighted by molar-refractivity contribution is 7.89. The summed E-state index contributed by atoms with van der Waals surface area (Å²) in [5.74, 6) is 0.740. The van der Waals surface area contributed by atoms with Gasteiger partial charge >= 0.3 is 0 Å². The van der Waals surface area contributed by atoms with E-state index in [0.29, 0.717) is 25.5 Å². The van der Waals surface area contributed by atoms with Gasteiger partial charge in [-0.1, -0.05) is 6.92 Å². The molecule has 1 saturated heterocycles. The Morgan fingerprint density at radius 1 is 1.30 bits per heavy atom. The number of guanidine groups is 1. The highest BCUT2D eigenvalue weighted by Gasteiger charge is 2.27. The van der Waals surface area contributed by atoms with Crippen molar-refractivity contribution in [1.29, 1.82) is 0 Å². The smallest absolute Gasteiger partial charge is 0.241 e. The first kappa shape index (κ1) is 19.7. The monoisotopic (exact) mass is 347 g/mol. The Morgan fingerprint density at radius 3 is 2.39 bits per heavy atom. The van der Waals surface area contributed by atoms with Crippen molar-refractivity contribution in [1.82, 2.24) is 19.8 Å². The second kappa shape index (κ2) is 9.07. The van der Waals surface area contributed by atoms with Crippen molar-refractivity contribution in [3.8, 4) is 0 Å². The number of piperidine rings is 1. The van der Waals surface area contributed by atoms with Crippen LogP contribution in [0.3, 0.4) is 0 Å². The van der Waals surface area contributed by atoms with Crippen LogP contribution < -0.4 is 10.6 Å². The van der Waals surface area contributed by atoms with Crippen LogP contribution >= 0.6 is 0 Å². The molecule has 0 bridgehead atoms. The zero-order valence-corrected chi connectivity index (χ0v) is 15.3. The maximum Gasteiger partial charge on any atom is 0.241 e. The second-order valence-corrected chi connectivity index (χ2v) is 7.94. The van der Waals surface area contributed by atoms with E-state index in [1.807, 2.05) is 6.92 Å². The topological polar surface area (TPSA) is 94.1 Å². The SMILES string of the molecule is CCCS(=O)(=O)N1CCC(NC(=NC)NCC(=O)N(C)C)CC1. The summed E-state index contributed by atoms with van der Waals surface area (Å²) in [7, 11) is 1.94. The van der Waals surface area contributed by atoms with Crippen molar-refractivity contribution in [2.45, 2.75) is 32.2 Å². The van der Waals surface area contributed by atoms with E-state index in [4.69, 9.17) is 0 Å². The Balaban J connectivity index is 2.44. The lowest BCUT2D eigenvalue weighted by molar-refractivity contribution is -0.127. The minimum Gasteiger partial charge on any atom is -0.354 e. The van der Waals surface area contributed by atoms with Gasteiger partial charge in [-0.05, 0) is 19.3 Å². The third-order valence-electron chi connectivity index (χ3n) is 3.78. The molecule has 0 aromatic heterocycles. The maximum atomic E-state index is 12.0. The van der Waals surface area contributed by atoms with E-state index < -0.39 is 10.0 Å². The van der Waals surface area contributed by atoms with E-state index in [-0.39, 0.29) is 24.2 Å². The molecule has 9 heteroatoms. The summed E-state index contributed by atoms with van der Waals surface area (Å²) in [6.45, 7) is 3.09. The average Bonchev–Trinajstić information content (AvgIpc) is 2.51. The lowest BCUT2D eigenvalue weighted by Gasteiger charge is -2.32. The Labute approximate surface area is 139 Å². The molecule has 23 heavy (non-hydrogen) atoms. The zero-order chi connectivity index (χ0) is 17.5. The van der Waals surface area contributed by atoms with Crippen LogP contribution in [0.5, 0.6) is 0 Å². The normalized spacial score (nSPS) is 17.8. The number of aliphatic imine (C=N–C) groups is 1. The summed E-state index contributed by atoms with van der Waals surface area (Å²) < 4.78 is 25.6. The fourth-order valence-electron chi connectivity index (χ4n) is 2.37. The van der Waals surface area contributed by atoms with Crippen LogP contribution in [-0.4, -0.2) is 82.1 Å². The van der Waals surface area contributed by atoms with E-state index >= 15 is 0 Å². The van der Waals surface area contributed by atoms with Gasteiger partial charge in [0.2, 0.25) is 15.9 Å². The van der Waals surface area contributed by atoms with Gasteiger partial charge in [0, 0.05) is 40.3 Å². The summed E-state index contributed by atoms with van der Waals surface area (Å²) in [6, 6.07) is 0.156. The molecule has 1 fully saturated rings. The molecule has 0 aromatic rings. The largest absolute Gasteiger partial charge is 0.354 e. The van der Waals surface area contributed by atoms with Crippen LogP contribution in [0.4, 0.5) is 0 Å². The third kappa shape index (κ3) is 6.34. The van der Waals surface area contributed by atoms with Crippen molar-refractivity contribution in [2.75, 3.05) is 46.5 Å². The molecule has 0 aromatic carbocycles. The van der Waals surface area contributed by atoms with Crippen LogP contribution in [-0.2, 0) is 14.8 Å². The van der Waals surface area contributed by atoms with Gasteiger partial charge in [0.25, 0.3) is 0 Å². The quantitative estimate of drug-likeness (QED) is 0.496. The van der Waals surface area contributed by atoms with Gasteiger partial charge in [0.15, 0.2) is 5.96 Å². The van der Waals surface area contributed by atoms with Crippen molar-refractivity contribution < 1.29 is 13.2 Å². The standard InChI is InChI=1S/C14H29N5O3S/c1-5-10-23(21,22)19-8-6-12(7-9-19)17-14(15-2)16-11-13(20)18(3)4/h12H,5-11H2,1-4H3,(H2,15,16,17). The van der Waals surface area contributed by atoms with Gasteiger partial charge in [-0.15, -0.1) is 0 Å². The molecule has 134 valence electrons. The van der Waals surface area contributed by atoms with E-state index in [1.165, 1.54) is 4.90 Å². The molecule has 0 saturated carbocycles. The minimum atomic E-state index is -3.11. The summed E-state index contributed by atoms with van der Waals surface area (Å²) in [4.78, 5) is 17.2. The molecule has 8 nitrogen and oxygen atoms in total. The number of carbonyl (C=O) groups is 1. The molecule has 2 N–H and O–H groups in total. The second-order valence-electron chi connectivity index (χ2n) is 5.85. The van der Waals surface area contributed by atoms with Crippen LogP contribution in [0.2, 0.25) is 0 Å². The van der Waals surface area contributed by atoms with Gasteiger partial charge in [-0.25, -0.2) is 12.7 Å². The first-order valence-corrected chi connectivity index (χ1v) is 9.56. The first-order valence-electron chi connectivity index (χ1n) is 7.95. The first-order chi connectivity index (χ1) is 10.8. The van der Waals surface area contributed by atoms with Crippen molar-refractivity contribution in [3.05, 3.63) is 0 Å². The van der Waals surface area contributed by atoms with E-state index in [0.717, 1.165) is 12.8 Å². The average molecular weight is 347 g/mol. The Hall–Kier alpha value is -1.35. The van der Waals surface area contributed by atoms with Gasteiger partial charge in [-0.2, -0.15) is 0 Å². The van der Waals surface area contributed by atoms with E-state index in [2.05, 4.69) is 15.6 Å². The Bertz CT molecular complexity index is 511. The lowest BCUT2D eigenvalue weighted by Crippen LogP contribution is -2.51. The summed E-state index contributed by atoms with van der Waals surface area (Å²) >= 11 is 0. The van der Waals surface area contributed by atoms with Gasteiger partial charge < -0.3 is 15.5 Å². The molecule has 0 unspecified atom stereocenters. The van der Waals surface area contributed by atoms with Crippen LogP contribution in [0.1, 0.15) is 26.2 Å². The molecule has 0 radical (unpaired) electrons. The van der Waals surface area contributed by atoms with Gasteiger partial charge in [0.1, 0.15) is 0 Å². The predicted molar refractivity (Wildman–Crippen MR) is 91.9 cm³/mol. The molecular formula is C14H29N5O3S. The molecule has 0 spiro atoms. The molecule has 0 aliphatic carbocycles. The van der Waals surface area contributed by atoms with Gasteiger partial charge in [0.05, 0.1) is 12.3 Å². The van der Waals surface area contributed by atoms with E-state index in [1.54, 1.807) is 25.4 Å². The molecule has 1 rings (SSSR count).